The minimum Gasteiger partial charge on any atom is -0.370 e. The Labute approximate surface area is 118 Å². The van der Waals surface area contributed by atoms with E-state index in [1.807, 2.05) is 19.9 Å². The van der Waals surface area contributed by atoms with Crippen molar-refractivity contribution in [2.45, 2.75) is 26.8 Å². The normalized spacial score (nSPS) is 10.3. The molecule has 1 aromatic carbocycles. The number of rotatable bonds is 6. The second-order valence-electron chi connectivity index (χ2n) is 4.42. The van der Waals surface area contributed by atoms with Gasteiger partial charge in [-0.3, -0.25) is 0 Å². The summed E-state index contributed by atoms with van der Waals surface area (Å²) < 4.78 is 12.8. The highest BCUT2D eigenvalue weighted by molar-refractivity contribution is 5.47. The van der Waals surface area contributed by atoms with Gasteiger partial charge in [0.1, 0.15) is 23.3 Å². The molecule has 5 heteroatoms. The van der Waals surface area contributed by atoms with E-state index >= 15 is 0 Å². The zero-order chi connectivity index (χ0) is 14.4. The Morgan fingerprint density at radius 3 is 2.25 bits per heavy atom. The van der Waals surface area contributed by atoms with E-state index in [0.717, 1.165) is 36.0 Å². The minimum absolute atomic E-state index is 0.224. The van der Waals surface area contributed by atoms with Crippen LogP contribution in [0.15, 0.2) is 30.3 Å². The Kier molecular flexibility index (Phi) is 4.87. The van der Waals surface area contributed by atoms with Crippen molar-refractivity contribution in [1.82, 2.24) is 9.97 Å². The predicted molar refractivity (Wildman–Crippen MR) is 79.3 cm³/mol. The number of hydrogen-bond acceptors (Lipinski definition) is 4. The maximum absolute atomic E-state index is 12.8. The van der Waals surface area contributed by atoms with E-state index in [-0.39, 0.29) is 5.82 Å². The van der Waals surface area contributed by atoms with Gasteiger partial charge in [0.05, 0.1) is 0 Å². The molecule has 0 aliphatic carbocycles. The van der Waals surface area contributed by atoms with E-state index in [9.17, 15) is 4.39 Å². The first kappa shape index (κ1) is 14.2. The number of hydrogen-bond donors (Lipinski definition) is 2. The van der Waals surface area contributed by atoms with Crippen LogP contribution < -0.4 is 10.6 Å². The molecule has 4 nitrogen and oxygen atoms in total. The molecule has 0 aliphatic rings. The molecule has 0 fully saturated rings. The average molecular weight is 274 g/mol. The Morgan fingerprint density at radius 2 is 1.65 bits per heavy atom. The first-order valence-electron chi connectivity index (χ1n) is 6.81. The van der Waals surface area contributed by atoms with Gasteiger partial charge in [-0.15, -0.1) is 0 Å². The van der Waals surface area contributed by atoms with Crippen molar-refractivity contribution in [3.8, 4) is 0 Å². The van der Waals surface area contributed by atoms with Gasteiger partial charge >= 0.3 is 0 Å². The standard InChI is InChI=1S/C15H19FN4/c1-3-13-19-14(17-4-2)9-15(20-13)18-10-11-5-7-12(16)8-6-11/h5-9H,3-4,10H2,1-2H3,(H2,17,18,19,20). The molecule has 106 valence electrons. The molecule has 2 rings (SSSR count). The van der Waals surface area contributed by atoms with Crippen molar-refractivity contribution >= 4 is 11.6 Å². The van der Waals surface area contributed by atoms with Gasteiger partial charge in [-0.2, -0.15) is 0 Å². The number of halogens is 1. The van der Waals surface area contributed by atoms with E-state index in [4.69, 9.17) is 0 Å². The predicted octanol–water partition coefficient (Wildman–Crippen LogP) is 3.22. The van der Waals surface area contributed by atoms with Gasteiger partial charge in [-0.25, -0.2) is 14.4 Å². The number of anilines is 2. The second kappa shape index (κ2) is 6.84. The zero-order valence-corrected chi connectivity index (χ0v) is 11.8. The van der Waals surface area contributed by atoms with Gasteiger partial charge in [0.2, 0.25) is 0 Å². The lowest BCUT2D eigenvalue weighted by Crippen LogP contribution is -2.07. The molecule has 2 aromatic rings. The number of nitrogens with zero attached hydrogens (tertiary/aromatic N) is 2. The summed E-state index contributed by atoms with van der Waals surface area (Å²) in [7, 11) is 0. The van der Waals surface area contributed by atoms with Gasteiger partial charge in [-0.1, -0.05) is 19.1 Å². The summed E-state index contributed by atoms with van der Waals surface area (Å²) in [6, 6.07) is 8.31. The average Bonchev–Trinajstić information content (AvgIpc) is 2.47. The van der Waals surface area contributed by atoms with E-state index in [1.165, 1.54) is 12.1 Å². The summed E-state index contributed by atoms with van der Waals surface area (Å²) in [5.74, 6) is 2.17. The van der Waals surface area contributed by atoms with Crippen LogP contribution in [-0.2, 0) is 13.0 Å². The summed E-state index contributed by atoms with van der Waals surface area (Å²) in [6.45, 7) is 5.47. The quantitative estimate of drug-likeness (QED) is 0.849. The molecule has 0 bridgehead atoms. The van der Waals surface area contributed by atoms with E-state index < -0.39 is 0 Å². The smallest absolute Gasteiger partial charge is 0.132 e. The Bertz CT molecular complexity index is 554. The fourth-order valence-corrected chi connectivity index (χ4v) is 1.81. The van der Waals surface area contributed by atoms with Gasteiger partial charge < -0.3 is 10.6 Å². The first-order chi connectivity index (χ1) is 9.71. The number of aryl methyl sites for hydroxylation is 1. The summed E-state index contributed by atoms with van der Waals surface area (Å²) in [5, 5.41) is 6.43. The maximum Gasteiger partial charge on any atom is 0.132 e. The van der Waals surface area contributed by atoms with Crippen molar-refractivity contribution in [3.63, 3.8) is 0 Å². The molecule has 0 radical (unpaired) electrons. The van der Waals surface area contributed by atoms with Crippen LogP contribution in [0, 0.1) is 5.82 Å². The van der Waals surface area contributed by atoms with Crippen molar-refractivity contribution in [3.05, 3.63) is 47.5 Å². The second-order valence-corrected chi connectivity index (χ2v) is 4.42. The van der Waals surface area contributed by atoms with Crippen LogP contribution in [-0.4, -0.2) is 16.5 Å². The van der Waals surface area contributed by atoms with Crippen LogP contribution in [0.25, 0.3) is 0 Å². The number of benzene rings is 1. The van der Waals surface area contributed by atoms with Crippen molar-refractivity contribution in [2.24, 2.45) is 0 Å². The highest BCUT2D eigenvalue weighted by Gasteiger charge is 2.03. The van der Waals surface area contributed by atoms with Gasteiger partial charge in [0.25, 0.3) is 0 Å². The molecule has 0 atom stereocenters. The Balaban J connectivity index is 2.07. The number of aromatic nitrogens is 2. The molecule has 1 heterocycles. The van der Waals surface area contributed by atoms with Gasteiger partial charge in [-0.05, 0) is 24.6 Å². The van der Waals surface area contributed by atoms with Crippen molar-refractivity contribution in [1.29, 1.82) is 0 Å². The molecular weight excluding hydrogens is 255 g/mol. The number of nitrogens with one attached hydrogen (secondary N) is 2. The highest BCUT2D eigenvalue weighted by atomic mass is 19.1. The lowest BCUT2D eigenvalue weighted by Gasteiger charge is -2.10. The molecule has 0 spiro atoms. The van der Waals surface area contributed by atoms with Crippen molar-refractivity contribution in [2.75, 3.05) is 17.2 Å². The van der Waals surface area contributed by atoms with E-state index in [1.54, 1.807) is 12.1 Å². The maximum atomic E-state index is 12.8. The first-order valence-corrected chi connectivity index (χ1v) is 6.81. The van der Waals surface area contributed by atoms with E-state index in [0.29, 0.717) is 6.54 Å². The largest absolute Gasteiger partial charge is 0.370 e. The SMILES string of the molecule is CCNc1cc(NCc2ccc(F)cc2)nc(CC)n1. The lowest BCUT2D eigenvalue weighted by molar-refractivity contribution is 0.627. The summed E-state index contributed by atoms with van der Waals surface area (Å²) in [4.78, 5) is 8.83. The van der Waals surface area contributed by atoms with Crippen LogP contribution in [0.1, 0.15) is 25.2 Å². The molecular formula is C15H19FN4. The minimum atomic E-state index is -0.224. The Morgan fingerprint density at radius 1 is 1.00 bits per heavy atom. The molecule has 0 amide bonds. The van der Waals surface area contributed by atoms with Crippen LogP contribution in [0.5, 0.6) is 0 Å². The molecule has 1 aromatic heterocycles. The topological polar surface area (TPSA) is 49.8 Å². The monoisotopic (exact) mass is 274 g/mol. The van der Waals surface area contributed by atoms with E-state index in [2.05, 4.69) is 20.6 Å². The van der Waals surface area contributed by atoms with Gasteiger partial charge in [0, 0.05) is 25.6 Å². The molecule has 20 heavy (non-hydrogen) atoms. The molecule has 0 saturated heterocycles. The lowest BCUT2D eigenvalue weighted by atomic mass is 10.2. The summed E-state index contributed by atoms with van der Waals surface area (Å²) in [6.07, 6.45) is 0.782. The third kappa shape index (κ3) is 3.91. The fourth-order valence-electron chi connectivity index (χ4n) is 1.81. The molecule has 0 unspecified atom stereocenters. The third-order valence-corrected chi connectivity index (χ3v) is 2.83. The Hall–Kier alpha value is -2.17. The third-order valence-electron chi connectivity index (χ3n) is 2.83. The fraction of sp³-hybridized carbons (Fsp3) is 0.333. The summed E-state index contributed by atoms with van der Waals surface area (Å²) in [5.41, 5.74) is 1.01. The summed E-state index contributed by atoms with van der Waals surface area (Å²) >= 11 is 0. The van der Waals surface area contributed by atoms with Crippen LogP contribution in [0.2, 0.25) is 0 Å². The van der Waals surface area contributed by atoms with Gasteiger partial charge in [0.15, 0.2) is 0 Å². The molecule has 0 aliphatic heterocycles. The van der Waals surface area contributed by atoms with Crippen LogP contribution in [0.3, 0.4) is 0 Å². The zero-order valence-electron chi connectivity index (χ0n) is 11.8. The molecule has 2 N–H and O–H groups in total. The molecule has 0 saturated carbocycles. The van der Waals surface area contributed by atoms with Crippen LogP contribution >= 0.6 is 0 Å². The van der Waals surface area contributed by atoms with Crippen LogP contribution in [0.4, 0.5) is 16.0 Å². The van der Waals surface area contributed by atoms with Crippen molar-refractivity contribution < 1.29 is 4.39 Å². The highest BCUT2D eigenvalue weighted by Crippen LogP contribution is 2.13.